The first kappa shape index (κ1) is 24.1. The van der Waals surface area contributed by atoms with Gasteiger partial charge in [-0.2, -0.15) is 0 Å². The highest BCUT2D eigenvalue weighted by Crippen LogP contribution is 2.74. The molecule has 0 heterocycles. The third kappa shape index (κ3) is 3.57. The molecule has 0 aromatic carbocycles. The fourth-order valence-corrected chi connectivity index (χ4v) is 10.8. The Morgan fingerprint density at radius 3 is 2.23 bits per heavy atom. The lowest BCUT2D eigenvalue weighted by Crippen LogP contribution is -2.61. The van der Waals surface area contributed by atoms with Crippen molar-refractivity contribution >= 4 is 0 Å². The maximum atomic E-state index is 11.1. The van der Waals surface area contributed by atoms with E-state index in [1.54, 1.807) is 0 Å². The summed E-state index contributed by atoms with van der Waals surface area (Å²) in [7, 11) is 0. The molecule has 0 amide bonds. The number of hydrogen-bond donors (Lipinski definition) is 1. The van der Waals surface area contributed by atoms with Gasteiger partial charge in [-0.15, -0.1) is 0 Å². The SMILES string of the molecule is CC(C)CCC[C@@H](C)C1CC[C@@]2(CO)[C@@H]3CC[C@H]4C(C)(C)CCC[C@]4(C)[C@H]3CC[C@]12C. The third-order valence-corrected chi connectivity index (χ3v) is 12.3. The van der Waals surface area contributed by atoms with Gasteiger partial charge in [0.15, 0.2) is 0 Å². The van der Waals surface area contributed by atoms with Gasteiger partial charge in [-0.1, -0.05) is 74.1 Å². The zero-order chi connectivity index (χ0) is 22.7. The molecule has 0 aliphatic heterocycles. The van der Waals surface area contributed by atoms with Crippen LogP contribution in [0.1, 0.15) is 126 Å². The Balaban J connectivity index is 1.59. The van der Waals surface area contributed by atoms with E-state index in [0.29, 0.717) is 22.9 Å². The fourth-order valence-electron chi connectivity index (χ4n) is 10.8. The lowest BCUT2D eigenvalue weighted by molar-refractivity contribution is -0.196. The first-order chi connectivity index (χ1) is 14.5. The largest absolute Gasteiger partial charge is 0.396 e. The van der Waals surface area contributed by atoms with Crippen LogP contribution in [-0.4, -0.2) is 11.7 Å². The van der Waals surface area contributed by atoms with Gasteiger partial charge in [-0.05, 0) is 103 Å². The van der Waals surface area contributed by atoms with E-state index in [1.165, 1.54) is 77.0 Å². The summed E-state index contributed by atoms with van der Waals surface area (Å²) in [4.78, 5) is 0. The summed E-state index contributed by atoms with van der Waals surface area (Å²) in [5.41, 5.74) is 1.57. The maximum Gasteiger partial charge on any atom is 0.0495 e. The van der Waals surface area contributed by atoms with Crippen LogP contribution in [0.2, 0.25) is 0 Å². The predicted molar refractivity (Wildman–Crippen MR) is 133 cm³/mol. The van der Waals surface area contributed by atoms with Crippen LogP contribution in [0.4, 0.5) is 0 Å². The van der Waals surface area contributed by atoms with Gasteiger partial charge in [0.05, 0.1) is 0 Å². The van der Waals surface area contributed by atoms with E-state index in [0.717, 1.165) is 35.5 Å². The normalized spacial score (nSPS) is 47.5. The molecule has 0 radical (unpaired) electrons. The summed E-state index contributed by atoms with van der Waals surface area (Å²) in [5, 5.41) is 11.1. The van der Waals surface area contributed by atoms with Crippen LogP contribution in [0.15, 0.2) is 0 Å². The third-order valence-electron chi connectivity index (χ3n) is 12.3. The summed E-state index contributed by atoms with van der Waals surface area (Å²) in [6, 6.07) is 0. The van der Waals surface area contributed by atoms with Gasteiger partial charge in [-0.3, -0.25) is 0 Å². The molecular weight excluding hydrogens is 376 g/mol. The van der Waals surface area contributed by atoms with E-state index in [2.05, 4.69) is 48.5 Å². The van der Waals surface area contributed by atoms with E-state index in [9.17, 15) is 5.11 Å². The standard InChI is InChI=1S/C30H54O/c1-21(2)10-8-11-22(3)23-15-19-30(20-31)25-12-13-26-27(4,5)16-9-17-28(26,6)24(25)14-18-29(23,30)7/h21-26,31H,8-20H2,1-7H3/t22-,23?,24+,25-,26+,28-,29-,30-/m1/s1. The minimum absolute atomic E-state index is 0.197. The molecule has 4 aliphatic rings. The van der Waals surface area contributed by atoms with E-state index in [-0.39, 0.29) is 5.41 Å². The van der Waals surface area contributed by atoms with Gasteiger partial charge in [0.1, 0.15) is 0 Å². The second-order valence-corrected chi connectivity index (χ2v) is 14.4. The van der Waals surface area contributed by atoms with Crippen LogP contribution in [0.3, 0.4) is 0 Å². The molecule has 180 valence electrons. The second-order valence-electron chi connectivity index (χ2n) is 14.4. The number of fused-ring (bicyclic) bond motifs is 5. The quantitative estimate of drug-likeness (QED) is 0.448. The molecule has 4 aliphatic carbocycles. The Bertz CT molecular complexity index is 636. The molecule has 4 saturated carbocycles. The van der Waals surface area contributed by atoms with Gasteiger partial charge >= 0.3 is 0 Å². The molecule has 0 aromatic rings. The zero-order valence-corrected chi connectivity index (χ0v) is 22.1. The first-order valence-electron chi connectivity index (χ1n) is 14.1. The van der Waals surface area contributed by atoms with Crippen LogP contribution in [0.5, 0.6) is 0 Å². The van der Waals surface area contributed by atoms with Crippen LogP contribution in [0.25, 0.3) is 0 Å². The Labute approximate surface area is 194 Å². The van der Waals surface area contributed by atoms with Gasteiger partial charge in [0.25, 0.3) is 0 Å². The summed E-state index contributed by atoms with van der Waals surface area (Å²) >= 11 is 0. The number of aliphatic hydroxyl groups excluding tert-OH is 1. The van der Waals surface area contributed by atoms with Crippen molar-refractivity contribution in [2.75, 3.05) is 6.61 Å². The van der Waals surface area contributed by atoms with E-state index < -0.39 is 0 Å². The van der Waals surface area contributed by atoms with Gasteiger partial charge < -0.3 is 5.11 Å². The van der Waals surface area contributed by atoms with Crippen LogP contribution in [0, 0.1) is 57.2 Å². The van der Waals surface area contributed by atoms with Gasteiger partial charge in [0, 0.05) is 12.0 Å². The maximum absolute atomic E-state index is 11.1. The Morgan fingerprint density at radius 1 is 0.806 bits per heavy atom. The highest BCUT2D eigenvalue weighted by molar-refractivity contribution is 5.16. The molecule has 0 saturated heterocycles. The molecule has 0 spiro atoms. The van der Waals surface area contributed by atoms with Crippen LogP contribution in [-0.2, 0) is 0 Å². The van der Waals surface area contributed by atoms with Gasteiger partial charge in [-0.25, -0.2) is 0 Å². The Morgan fingerprint density at radius 2 is 1.55 bits per heavy atom. The van der Waals surface area contributed by atoms with Crippen molar-refractivity contribution in [3.8, 4) is 0 Å². The monoisotopic (exact) mass is 430 g/mol. The first-order valence-corrected chi connectivity index (χ1v) is 14.1. The van der Waals surface area contributed by atoms with Crippen molar-refractivity contribution < 1.29 is 5.11 Å². The van der Waals surface area contributed by atoms with Crippen LogP contribution >= 0.6 is 0 Å². The van der Waals surface area contributed by atoms with Gasteiger partial charge in [0.2, 0.25) is 0 Å². The fraction of sp³-hybridized carbons (Fsp3) is 1.00. The van der Waals surface area contributed by atoms with Crippen molar-refractivity contribution in [1.82, 2.24) is 0 Å². The van der Waals surface area contributed by atoms with E-state index in [1.807, 2.05) is 0 Å². The summed E-state index contributed by atoms with van der Waals surface area (Å²) < 4.78 is 0. The molecule has 1 unspecified atom stereocenters. The average Bonchev–Trinajstić information content (AvgIpc) is 3.00. The molecule has 4 rings (SSSR count). The van der Waals surface area contributed by atoms with Crippen molar-refractivity contribution in [3.05, 3.63) is 0 Å². The molecular formula is C30H54O. The van der Waals surface area contributed by atoms with Crippen molar-refractivity contribution in [1.29, 1.82) is 0 Å². The van der Waals surface area contributed by atoms with Crippen molar-refractivity contribution in [3.63, 3.8) is 0 Å². The average molecular weight is 431 g/mol. The Hall–Kier alpha value is -0.0400. The summed E-state index contributed by atoms with van der Waals surface area (Å²) in [6.45, 7) is 18.2. The van der Waals surface area contributed by atoms with Crippen molar-refractivity contribution in [2.45, 2.75) is 126 Å². The van der Waals surface area contributed by atoms with Crippen molar-refractivity contribution in [2.24, 2.45) is 57.2 Å². The molecule has 0 aromatic heterocycles. The molecule has 0 bridgehead atoms. The van der Waals surface area contributed by atoms with Crippen LogP contribution < -0.4 is 0 Å². The number of hydrogen-bond acceptors (Lipinski definition) is 1. The topological polar surface area (TPSA) is 20.2 Å². The molecule has 4 fully saturated rings. The molecule has 8 atom stereocenters. The molecule has 31 heavy (non-hydrogen) atoms. The van der Waals surface area contributed by atoms with E-state index >= 15 is 0 Å². The zero-order valence-electron chi connectivity index (χ0n) is 22.1. The highest BCUT2D eigenvalue weighted by Gasteiger charge is 2.68. The molecule has 1 heteroatoms. The Kier molecular flexibility index (Phi) is 6.47. The minimum atomic E-state index is 0.197. The lowest BCUT2D eigenvalue weighted by Gasteiger charge is -2.67. The van der Waals surface area contributed by atoms with E-state index in [4.69, 9.17) is 0 Å². The molecule has 1 nitrogen and oxygen atoms in total. The number of rotatable bonds is 6. The second kappa shape index (κ2) is 8.32. The minimum Gasteiger partial charge on any atom is -0.396 e. The summed E-state index contributed by atoms with van der Waals surface area (Å²) in [6.07, 6.45) is 16.7. The summed E-state index contributed by atoms with van der Waals surface area (Å²) in [5.74, 6) is 4.96. The number of aliphatic hydroxyl groups is 1. The smallest absolute Gasteiger partial charge is 0.0495 e. The lowest BCUT2D eigenvalue weighted by atomic mass is 9.38. The highest BCUT2D eigenvalue weighted by atomic mass is 16.3. The predicted octanol–water partition coefficient (Wildman–Crippen LogP) is 8.50. The molecule has 1 N–H and O–H groups in total.